The molecule has 16 heavy (non-hydrogen) atoms. The molecule has 0 aromatic carbocycles. The highest BCUT2D eigenvalue weighted by atomic mass is 16.5. The fourth-order valence-electron chi connectivity index (χ4n) is 3.03. The fraction of sp³-hybridized carbons (Fsp3) is 0.917. The van der Waals surface area contributed by atoms with Gasteiger partial charge in [-0.15, -0.1) is 0 Å². The molecule has 1 atom stereocenters. The van der Waals surface area contributed by atoms with Crippen LogP contribution in [0.1, 0.15) is 40.0 Å². The standard InChI is InChI=1S/C12H23N3O/c1-4-6-15-10(13)14-9-12(15)5-7-16-11(2,3)8-12/h4-9H2,1-3H3,(H2,13,14). The van der Waals surface area contributed by atoms with Gasteiger partial charge < -0.3 is 15.4 Å². The Morgan fingerprint density at radius 2 is 2.25 bits per heavy atom. The summed E-state index contributed by atoms with van der Waals surface area (Å²) in [6, 6.07) is 0. The number of hydrogen-bond donors (Lipinski definition) is 1. The summed E-state index contributed by atoms with van der Waals surface area (Å²) >= 11 is 0. The Morgan fingerprint density at radius 1 is 1.50 bits per heavy atom. The number of guanidine groups is 1. The molecule has 1 fully saturated rings. The van der Waals surface area contributed by atoms with Crippen LogP contribution in [-0.4, -0.2) is 41.7 Å². The molecule has 0 saturated carbocycles. The van der Waals surface area contributed by atoms with E-state index in [9.17, 15) is 0 Å². The molecule has 0 aromatic rings. The molecule has 2 aliphatic heterocycles. The second kappa shape index (κ2) is 3.91. The maximum atomic E-state index is 5.99. The summed E-state index contributed by atoms with van der Waals surface area (Å²) in [7, 11) is 0. The van der Waals surface area contributed by atoms with Crippen molar-refractivity contribution < 1.29 is 4.74 Å². The van der Waals surface area contributed by atoms with Crippen LogP contribution >= 0.6 is 0 Å². The molecule has 0 aliphatic carbocycles. The maximum Gasteiger partial charge on any atom is 0.191 e. The third-order valence-corrected chi connectivity index (χ3v) is 3.65. The Labute approximate surface area is 97.9 Å². The van der Waals surface area contributed by atoms with Gasteiger partial charge in [-0.1, -0.05) is 6.92 Å². The number of rotatable bonds is 2. The SMILES string of the molecule is CCCN1C(N)=NCC12CCOC(C)(C)C2. The van der Waals surface area contributed by atoms with E-state index in [1.807, 2.05) is 0 Å². The van der Waals surface area contributed by atoms with E-state index in [0.29, 0.717) is 0 Å². The average molecular weight is 225 g/mol. The Balaban J connectivity index is 2.18. The normalized spacial score (nSPS) is 33.2. The van der Waals surface area contributed by atoms with Crippen molar-refractivity contribution in [3.63, 3.8) is 0 Å². The summed E-state index contributed by atoms with van der Waals surface area (Å²) < 4.78 is 5.80. The largest absolute Gasteiger partial charge is 0.375 e. The summed E-state index contributed by atoms with van der Waals surface area (Å²) in [5.74, 6) is 0.722. The highest BCUT2D eigenvalue weighted by molar-refractivity contribution is 5.81. The van der Waals surface area contributed by atoms with E-state index in [1.54, 1.807) is 0 Å². The van der Waals surface area contributed by atoms with Crippen molar-refractivity contribution in [1.29, 1.82) is 0 Å². The number of nitrogens with two attached hydrogens (primary N) is 1. The quantitative estimate of drug-likeness (QED) is 0.772. The molecule has 4 heteroatoms. The third kappa shape index (κ3) is 1.90. The monoisotopic (exact) mass is 225 g/mol. The maximum absolute atomic E-state index is 5.99. The van der Waals surface area contributed by atoms with E-state index in [4.69, 9.17) is 10.5 Å². The van der Waals surface area contributed by atoms with Gasteiger partial charge in [0.1, 0.15) is 0 Å². The second-order valence-electron chi connectivity index (χ2n) is 5.59. The van der Waals surface area contributed by atoms with Gasteiger partial charge in [0, 0.05) is 19.6 Å². The summed E-state index contributed by atoms with van der Waals surface area (Å²) in [5.41, 5.74) is 6.07. The van der Waals surface area contributed by atoms with Crippen LogP contribution in [-0.2, 0) is 4.74 Å². The van der Waals surface area contributed by atoms with Crippen molar-refractivity contribution in [2.75, 3.05) is 19.7 Å². The predicted molar refractivity (Wildman–Crippen MR) is 65.5 cm³/mol. The highest BCUT2D eigenvalue weighted by Crippen LogP contribution is 2.39. The zero-order valence-corrected chi connectivity index (χ0v) is 10.6. The van der Waals surface area contributed by atoms with Crippen molar-refractivity contribution in [3.8, 4) is 0 Å². The van der Waals surface area contributed by atoms with Gasteiger partial charge in [0.05, 0.1) is 17.7 Å². The lowest BCUT2D eigenvalue weighted by atomic mass is 9.80. The molecule has 0 amide bonds. The second-order valence-corrected chi connectivity index (χ2v) is 5.59. The first-order valence-electron chi connectivity index (χ1n) is 6.21. The molecule has 0 bridgehead atoms. The van der Waals surface area contributed by atoms with Crippen LogP contribution < -0.4 is 5.73 Å². The molecule has 1 saturated heterocycles. The number of aliphatic imine (C=N–C) groups is 1. The van der Waals surface area contributed by atoms with Gasteiger partial charge in [0.2, 0.25) is 0 Å². The number of ether oxygens (including phenoxy) is 1. The van der Waals surface area contributed by atoms with Crippen LogP contribution in [0.5, 0.6) is 0 Å². The topological polar surface area (TPSA) is 50.8 Å². The Kier molecular flexibility index (Phi) is 2.86. The van der Waals surface area contributed by atoms with Gasteiger partial charge in [-0.2, -0.15) is 0 Å². The summed E-state index contributed by atoms with van der Waals surface area (Å²) in [6.45, 7) is 9.16. The van der Waals surface area contributed by atoms with Crippen molar-refractivity contribution in [2.45, 2.75) is 51.2 Å². The zero-order chi connectivity index (χ0) is 11.8. The highest BCUT2D eigenvalue weighted by Gasteiger charge is 2.48. The Bertz CT molecular complexity index is 301. The van der Waals surface area contributed by atoms with Crippen LogP contribution in [0.15, 0.2) is 4.99 Å². The minimum atomic E-state index is -0.0512. The summed E-state index contributed by atoms with van der Waals surface area (Å²) in [5, 5.41) is 0. The first kappa shape index (κ1) is 11.7. The number of hydrogen-bond acceptors (Lipinski definition) is 4. The van der Waals surface area contributed by atoms with Crippen molar-refractivity contribution >= 4 is 5.96 Å². The molecule has 0 radical (unpaired) electrons. The molecule has 2 rings (SSSR count). The van der Waals surface area contributed by atoms with E-state index >= 15 is 0 Å². The Hall–Kier alpha value is -0.770. The van der Waals surface area contributed by atoms with Gasteiger partial charge in [-0.25, -0.2) is 0 Å². The molecule has 4 nitrogen and oxygen atoms in total. The molecule has 0 aromatic heterocycles. The molecule has 1 unspecified atom stereocenters. The molecular formula is C12H23N3O. The molecule has 2 heterocycles. The molecular weight excluding hydrogens is 202 g/mol. The Morgan fingerprint density at radius 3 is 2.88 bits per heavy atom. The molecule has 1 spiro atoms. The van der Waals surface area contributed by atoms with Gasteiger partial charge in [-0.05, 0) is 26.7 Å². The van der Waals surface area contributed by atoms with Crippen molar-refractivity contribution in [1.82, 2.24) is 4.90 Å². The molecule has 2 N–H and O–H groups in total. The molecule has 92 valence electrons. The van der Waals surface area contributed by atoms with Crippen LogP contribution in [0.25, 0.3) is 0 Å². The minimum absolute atomic E-state index is 0.0512. The minimum Gasteiger partial charge on any atom is -0.375 e. The van der Waals surface area contributed by atoms with Crippen molar-refractivity contribution in [3.05, 3.63) is 0 Å². The lowest BCUT2D eigenvalue weighted by molar-refractivity contribution is -0.101. The van der Waals surface area contributed by atoms with Gasteiger partial charge >= 0.3 is 0 Å². The van der Waals surface area contributed by atoms with Crippen LogP contribution in [0.2, 0.25) is 0 Å². The fourth-order valence-corrected chi connectivity index (χ4v) is 3.03. The predicted octanol–water partition coefficient (Wildman–Crippen LogP) is 1.35. The number of nitrogens with zero attached hydrogens (tertiary/aromatic N) is 2. The van der Waals surface area contributed by atoms with E-state index in [1.165, 1.54) is 0 Å². The van der Waals surface area contributed by atoms with E-state index in [-0.39, 0.29) is 11.1 Å². The lowest BCUT2D eigenvalue weighted by Crippen LogP contribution is -2.58. The van der Waals surface area contributed by atoms with E-state index in [2.05, 4.69) is 30.7 Å². The first-order chi connectivity index (χ1) is 7.49. The van der Waals surface area contributed by atoms with Crippen LogP contribution in [0.4, 0.5) is 0 Å². The lowest BCUT2D eigenvalue weighted by Gasteiger charge is -2.47. The van der Waals surface area contributed by atoms with Gasteiger partial charge in [0.25, 0.3) is 0 Å². The van der Waals surface area contributed by atoms with Crippen molar-refractivity contribution in [2.24, 2.45) is 10.7 Å². The smallest absolute Gasteiger partial charge is 0.191 e. The van der Waals surface area contributed by atoms with Gasteiger partial charge in [-0.3, -0.25) is 4.99 Å². The summed E-state index contributed by atoms with van der Waals surface area (Å²) in [6.07, 6.45) is 3.17. The van der Waals surface area contributed by atoms with Crippen LogP contribution in [0.3, 0.4) is 0 Å². The van der Waals surface area contributed by atoms with E-state index in [0.717, 1.165) is 44.9 Å². The van der Waals surface area contributed by atoms with Crippen LogP contribution in [0, 0.1) is 0 Å². The zero-order valence-electron chi connectivity index (χ0n) is 10.6. The third-order valence-electron chi connectivity index (χ3n) is 3.65. The van der Waals surface area contributed by atoms with E-state index < -0.39 is 0 Å². The molecule has 2 aliphatic rings. The average Bonchev–Trinajstić information content (AvgIpc) is 2.46. The first-order valence-corrected chi connectivity index (χ1v) is 6.21. The van der Waals surface area contributed by atoms with Gasteiger partial charge in [0.15, 0.2) is 5.96 Å². The summed E-state index contributed by atoms with van der Waals surface area (Å²) in [4.78, 5) is 6.75.